The van der Waals surface area contributed by atoms with Gasteiger partial charge in [0.25, 0.3) is 0 Å². The highest BCUT2D eigenvalue weighted by atomic mass is 19.4. The summed E-state index contributed by atoms with van der Waals surface area (Å²) in [5, 5.41) is 1.56. The number of hydrazine groups is 1. The van der Waals surface area contributed by atoms with Gasteiger partial charge in [-0.2, -0.15) is 13.2 Å². The number of pyridine rings is 1. The maximum Gasteiger partial charge on any atom is 0.433 e. The molecule has 0 aliphatic heterocycles. The predicted octanol–water partition coefficient (Wildman–Crippen LogP) is 1.67. The molecule has 0 radical (unpaired) electrons. The van der Waals surface area contributed by atoms with Crippen LogP contribution >= 0.6 is 0 Å². The molecule has 0 bridgehead atoms. The molecule has 78 valence electrons. The molecule has 0 saturated carbocycles. The molecule has 0 fully saturated rings. The van der Waals surface area contributed by atoms with E-state index in [2.05, 4.69) is 10.4 Å². The number of alkyl halides is 3. The van der Waals surface area contributed by atoms with Crippen molar-refractivity contribution in [2.45, 2.75) is 6.18 Å². The van der Waals surface area contributed by atoms with Gasteiger partial charge in [-0.3, -0.25) is 0 Å². The summed E-state index contributed by atoms with van der Waals surface area (Å²) < 4.78 is 36.3. The van der Waals surface area contributed by atoms with Crippen molar-refractivity contribution in [2.24, 2.45) is 0 Å². The average molecular weight is 205 g/mol. The van der Waals surface area contributed by atoms with Crippen LogP contribution in [0.1, 0.15) is 5.69 Å². The Morgan fingerprint density at radius 2 is 2.00 bits per heavy atom. The van der Waals surface area contributed by atoms with Crippen molar-refractivity contribution in [3.63, 3.8) is 0 Å². The predicted molar refractivity (Wildman–Crippen MR) is 46.7 cm³/mol. The van der Waals surface area contributed by atoms with Crippen molar-refractivity contribution in [1.82, 2.24) is 10.4 Å². The number of hydrogen-bond acceptors (Lipinski definition) is 3. The van der Waals surface area contributed by atoms with E-state index in [9.17, 15) is 13.2 Å². The van der Waals surface area contributed by atoms with Crippen molar-refractivity contribution >= 4 is 5.69 Å². The first-order valence-corrected chi connectivity index (χ1v) is 3.89. The topological polar surface area (TPSA) is 28.2 Å². The molecule has 14 heavy (non-hydrogen) atoms. The maximum atomic E-state index is 12.1. The normalized spacial score (nSPS) is 11.5. The first kappa shape index (κ1) is 10.8. The largest absolute Gasteiger partial charge is 0.433 e. The molecule has 0 aliphatic rings. The first-order chi connectivity index (χ1) is 6.45. The quantitative estimate of drug-likeness (QED) is 0.744. The van der Waals surface area contributed by atoms with E-state index in [1.807, 2.05) is 0 Å². The molecule has 1 heterocycles. The molecule has 0 aliphatic carbocycles. The summed E-state index contributed by atoms with van der Waals surface area (Å²) in [7, 11) is 3.35. The number of nitrogens with one attached hydrogen (secondary N) is 1. The molecule has 1 aromatic rings. The number of anilines is 1. The minimum atomic E-state index is -4.38. The van der Waals surface area contributed by atoms with Gasteiger partial charge in [-0.15, -0.1) is 0 Å². The van der Waals surface area contributed by atoms with Gasteiger partial charge in [0.05, 0.1) is 11.9 Å². The highest BCUT2D eigenvalue weighted by Gasteiger charge is 2.32. The number of aromatic nitrogens is 1. The summed E-state index contributed by atoms with van der Waals surface area (Å²) in [5.74, 6) is 0. The van der Waals surface area contributed by atoms with E-state index in [4.69, 9.17) is 0 Å². The summed E-state index contributed by atoms with van der Waals surface area (Å²) in [6.07, 6.45) is -3.21. The average Bonchev–Trinajstić information content (AvgIpc) is 2.15. The van der Waals surface area contributed by atoms with E-state index in [1.165, 1.54) is 12.3 Å². The minimum absolute atomic E-state index is 0.570. The molecule has 1 rings (SSSR count). The van der Waals surface area contributed by atoms with Gasteiger partial charge in [0, 0.05) is 14.1 Å². The zero-order chi connectivity index (χ0) is 10.8. The Morgan fingerprint density at radius 3 is 2.36 bits per heavy atom. The molecule has 0 aromatic carbocycles. The van der Waals surface area contributed by atoms with Gasteiger partial charge in [0.2, 0.25) is 0 Å². The molecule has 0 amide bonds. The van der Waals surface area contributed by atoms with E-state index in [1.54, 1.807) is 19.1 Å². The molecule has 6 heteroatoms. The third-order valence-corrected chi connectivity index (χ3v) is 1.76. The summed E-state index contributed by atoms with van der Waals surface area (Å²) in [6.45, 7) is 0. The van der Waals surface area contributed by atoms with Crippen LogP contribution in [0.5, 0.6) is 0 Å². The molecule has 0 spiro atoms. The van der Waals surface area contributed by atoms with Crippen LogP contribution in [-0.2, 0) is 6.18 Å². The monoisotopic (exact) mass is 205 g/mol. The summed E-state index contributed by atoms with van der Waals surface area (Å²) >= 11 is 0. The lowest BCUT2D eigenvalue weighted by atomic mass is 10.3. The highest BCUT2D eigenvalue weighted by molar-refractivity contribution is 5.42. The van der Waals surface area contributed by atoms with Crippen molar-refractivity contribution in [3.8, 4) is 0 Å². The summed E-state index contributed by atoms with van der Waals surface area (Å²) in [5.41, 5.74) is 2.44. The van der Waals surface area contributed by atoms with Gasteiger partial charge < -0.3 is 5.01 Å². The lowest BCUT2D eigenvalue weighted by Gasteiger charge is -2.17. The Hall–Kier alpha value is -1.30. The standard InChI is InChI=1S/C8H10F3N3/c1-12-14(2)6-3-4-7(13-5-6)8(9,10)11/h3-5,12H,1-2H3. The van der Waals surface area contributed by atoms with Crippen molar-refractivity contribution in [3.05, 3.63) is 24.0 Å². The molecular formula is C8H10F3N3. The molecule has 0 unspecified atom stereocenters. The first-order valence-electron chi connectivity index (χ1n) is 3.89. The molecule has 1 N–H and O–H groups in total. The molecule has 0 saturated heterocycles. The summed E-state index contributed by atoms with van der Waals surface area (Å²) in [6, 6.07) is 2.30. The third kappa shape index (κ3) is 2.35. The number of hydrogen-bond donors (Lipinski definition) is 1. The van der Waals surface area contributed by atoms with Gasteiger partial charge >= 0.3 is 6.18 Å². The molecule has 0 atom stereocenters. The number of rotatable bonds is 2. The third-order valence-electron chi connectivity index (χ3n) is 1.76. The van der Waals surface area contributed by atoms with Gasteiger partial charge in [-0.05, 0) is 12.1 Å². The summed E-state index contributed by atoms with van der Waals surface area (Å²) in [4.78, 5) is 3.31. The van der Waals surface area contributed by atoms with Crippen molar-refractivity contribution < 1.29 is 13.2 Å². The number of nitrogens with zero attached hydrogens (tertiary/aromatic N) is 2. The lowest BCUT2D eigenvalue weighted by molar-refractivity contribution is -0.141. The molecular weight excluding hydrogens is 195 g/mol. The Bertz CT molecular complexity index is 294. The van der Waals surface area contributed by atoms with Crippen LogP contribution in [0.15, 0.2) is 18.3 Å². The second-order valence-corrected chi connectivity index (χ2v) is 2.68. The Kier molecular flexibility index (Phi) is 2.95. The Morgan fingerprint density at radius 1 is 1.36 bits per heavy atom. The second-order valence-electron chi connectivity index (χ2n) is 2.68. The van der Waals surface area contributed by atoms with Gasteiger partial charge in [-0.25, -0.2) is 10.4 Å². The van der Waals surface area contributed by atoms with E-state index in [0.29, 0.717) is 5.69 Å². The van der Waals surface area contributed by atoms with Crippen LogP contribution < -0.4 is 10.4 Å². The minimum Gasteiger partial charge on any atom is -0.310 e. The molecule has 3 nitrogen and oxygen atoms in total. The van der Waals surface area contributed by atoms with Gasteiger partial charge in [0.15, 0.2) is 0 Å². The Labute approximate surface area is 79.5 Å². The smallest absolute Gasteiger partial charge is 0.310 e. The second kappa shape index (κ2) is 3.83. The van der Waals surface area contributed by atoms with E-state index in [0.717, 1.165) is 6.07 Å². The van der Waals surface area contributed by atoms with E-state index >= 15 is 0 Å². The zero-order valence-corrected chi connectivity index (χ0v) is 7.76. The van der Waals surface area contributed by atoms with Crippen LogP contribution in [0.25, 0.3) is 0 Å². The lowest BCUT2D eigenvalue weighted by Crippen LogP contribution is -2.30. The van der Waals surface area contributed by atoms with Crippen molar-refractivity contribution in [2.75, 3.05) is 19.1 Å². The highest BCUT2D eigenvalue weighted by Crippen LogP contribution is 2.27. The Balaban J connectivity index is 2.89. The fraction of sp³-hybridized carbons (Fsp3) is 0.375. The van der Waals surface area contributed by atoms with Gasteiger partial charge in [0.1, 0.15) is 5.69 Å². The van der Waals surface area contributed by atoms with Crippen LogP contribution in [0.4, 0.5) is 18.9 Å². The zero-order valence-electron chi connectivity index (χ0n) is 7.76. The molecule has 1 aromatic heterocycles. The van der Waals surface area contributed by atoms with E-state index in [-0.39, 0.29) is 0 Å². The van der Waals surface area contributed by atoms with Crippen LogP contribution in [0, 0.1) is 0 Å². The fourth-order valence-corrected chi connectivity index (χ4v) is 0.881. The van der Waals surface area contributed by atoms with Crippen LogP contribution in [-0.4, -0.2) is 19.1 Å². The fourth-order valence-electron chi connectivity index (χ4n) is 0.881. The van der Waals surface area contributed by atoms with Crippen LogP contribution in [0.2, 0.25) is 0 Å². The van der Waals surface area contributed by atoms with Gasteiger partial charge in [-0.1, -0.05) is 0 Å². The number of halogens is 3. The van der Waals surface area contributed by atoms with Crippen LogP contribution in [0.3, 0.4) is 0 Å². The van der Waals surface area contributed by atoms with E-state index < -0.39 is 11.9 Å². The maximum absolute atomic E-state index is 12.1. The van der Waals surface area contributed by atoms with Crippen molar-refractivity contribution in [1.29, 1.82) is 0 Å². The SMILES string of the molecule is CNN(C)c1ccc(C(F)(F)F)nc1.